The molecule has 10 heteroatoms. The number of carbonyl (C=O) groups excluding carboxylic acids is 3. The lowest BCUT2D eigenvalue weighted by Gasteiger charge is -2.19. The number of carbonyl (C=O) groups is 3. The van der Waals surface area contributed by atoms with Crippen molar-refractivity contribution < 1.29 is 36.8 Å². The molecule has 0 aromatic heterocycles. The molecule has 9 nitrogen and oxygen atoms in total. The predicted molar refractivity (Wildman–Crippen MR) is 101 cm³/mol. The number of nitrogens with one attached hydrogen (secondary N) is 1. The zero-order valence-corrected chi connectivity index (χ0v) is 17.3. The summed E-state index contributed by atoms with van der Waals surface area (Å²) in [6.07, 6.45) is 3.09. The SMILES string of the molecule is CCCCOC(=O)C[C@H](NC(=O)C1CCC(S(=O)(=O)O)C1)C(=O)OCCCC. The average Bonchev–Trinajstić information content (AvgIpc) is 3.12. The summed E-state index contributed by atoms with van der Waals surface area (Å²) in [5.41, 5.74) is 0. The Morgan fingerprint density at radius 1 is 1.07 bits per heavy atom. The first-order valence-electron chi connectivity index (χ1n) is 9.77. The minimum atomic E-state index is -4.21. The topological polar surface area (TPSA) is 136 Å². The van der Waals surface area contributed by atoms with E-state index in [2.05, 4.69) is 5.32 Å². The minimum absolute atomic E-state index is 0.0246. The van der Waals surface area contributed by atoms with Crippen LogP contribution in [0.2, 0.25) is 0 Å². The van der Waals surface area contributed by atoms with Crippen molar-refractivity contribution in [3.05, 3.63) is 0 Å². The number of hydrogen-bond acceptors (Lipinski definition) is 7. The van der Waals surface area contributed by atoms with Gasteiger partial charge >= 0.3 is 11.9 Å². The average molecular weight is 422 g/mol. The zero-order valence-electron chi connectivity index (χ0n) is 16.5. The van der Waals surface area contributed by atoms with Gasteiger partial charge in [0.05, 0.1) is 24.9 Å². The first kappa shape index (κ1) is 24.4. The molecule has 0 spiro atoms. The van der Waals surface area contributed by atoms with Crippen LogP contribution in [0.25, 0.3) is 0 Å². The summed E-state index contributed by atoms with van der Waals surface area (Å²) < 4.78 is 41.8. The number of amides is 1. The molecular weight excluding hydrogens is 390 g/mol. The fraction of sp³-hybridized carbons (Fsp3) is 0.833. The van der Waals surface area contributed by atoms with Crippen molar-refractivity contribution in [3.8, 4) is 0 Å². The van der Waals surface area contributed by atoms with E-state index in [9.17, 15) is 22.8 Å². The van der Waals surface area contributed by atoms with Crippen molar-refractivity contribution in [2.75, 3.05) is 13.2 Å². The lowest BCUT2D eigenvalue weighted by molar-refractivity contribution is -0.154. The van der Waals surface area contributed by atoms with E-state index in [4.69, 9.17) is 14.0 Å². The third-order valence-corrected chi connectivity index (χ3v) is 5.92. The van der Waals surface area contributed by atoms with E-state index in [1.807, 2.05) is 13.8 Å². The third-order valence-electron chi connectivity index (χ3n) is 4.65. The van der Waals surface area contributed by atoms with Crippen molar-refractivity contribution in [2.24, 2.45) is 5.92 Å². The highest BCUT2D eigenvalue weighted by Gasteiger charge is 2.38. The Kier molecular flexibility index (Phi) is 10.4. The van der Waals surface area contributed by atoms with Gasteiger partial charge in [-0.3, -0.25) is 14.1 Å². The maximum Gasteiger partial charge on any atom is 0.329 e. The number of hydrogen-bond donors (Lipinski definition) is 2. The van der Waals surface area contributed by atoms with Gasteiger partial charge in [0.25, 0.3) is 10.1 Å². The van der Waals surface area contributed by atoms with Crippen molar-refractivity contribution in [1.82, 2.24) is 5.32 Å². The smallest absolute Gasteiger partial charge is 0.329 e. The second-order valence-electron chi connectivity index (χ2n) is 7.01. The molecule has 1 rings (SSSR count). The number of ether oxygens (including phenoxy) is 2. The quantitative estimate of drug-likeness (QED) is 0.275. The minimum Gasteiger partial charge on any atom is -0.466 e. The van der Waals surface area contributed by atoms with Gasteiger partial charge in [0, 0.05) is 5.92 Å². The second-order valence-corrected chi connectivity index (χ2v) is 8.70. The Balaban J connectivity index is 2.68. The van der Waals surface area contributed by atoms with Crippen LogP contribution in [0.15, 0.2) is 0 Å². The van der Waals surface area contributed by atoms with Crippen LogP contribution in [0.4, 0.5) is 0 Å². The maximum absolute atomic E-state index is 12.5. The predicted octanol–water partition coefficient (Wildman–Crippen LogP) is 1.60. The Hall–Kier alpha value is -1.68. The summed E-state index contributed by atoms with van der Waals surface area (Å²) in [7, 11) is -4.21. The molecule has 28 heavy (non-hydrogen) atoms. The molecule has 2 unspecified atom stereocenters. The molecule has 0 saturated heterocycles. The molecule has 1 amide bonds. The first-order valence-corrected chi connectivity index (χ1v) is 11.3. The zero-order chi connectivity index (χ0) is 21.2. The highest BCUT2D eigenvalue weighted by atomic mass is 32.2. The standard InChI is InChI=1S/C18H31NO8S/c1-3-5-9-26-16(20)12-15(18(22)27-10-6-4-2)19-17(21)13-7-8-14(11-13)28(23,24)25/h13-15H,3-12H2,1-2H3,(H,19,21)(H,23,24,25)/t13?,14?,15-/m0/s1. The van der Waals surface area contributed by atoms with Gasteiger partial charge in [-0.2, -0.15) is 8.42 Å². The molecule has 3 atom stereocenters. The fourth-order valence-corrected chi connectivity index (χ4v) is 3.81. The highest BCUT2D eigenvalue weighted by molar-refractivity contribution is 7.86. The number of rotatable bonds is 12. The summed E-state index contributed by atoms with van der Waals surface area (Å²) in [5.74, 6) is -2.54. The van der Waals surface area contributed by atoms with Crippen molar-refractivity contribution in [2.45, 2.75) is 76.5 Å². The van der Waals surface area contributed by atoms with Gasteiger partial charge in [-0.25, -0.2) is 4.79 Å². The molecule has 1 fully saturated rings. The number of esters is 2. The summed E-state index contributed by atoms with van der Waals surface area (Å²) in [6.45, 7) is 4.30. The summed E-state index contributed by atoms with van der Waals surface area (Å²) >= 11 is 0. The van der Waals surface area contributed by atoms with E-state index in [0.717, 1.165) is 12.8 Å². The van der Waals surface area contributed by atoms with Crippen molar-refractivity contribution in [3.63, 3.8) is 0 Å². The molecule has 0 aromatic rings. The molecule has 0 bridgehead atoms. The lowest BCUT2D eigenvalue weighted by Crippen LogP contribution is -2.45. The van der Waals surface area contributed by atoms with Gasteiger partial charge in [-0.1, -0.05) is 26.7 Å². The van der Waals surface area contributed by atoms with E-state index >= 15 is 0 Å². The monoisotopic (exact) mass is 421 g/mol. The Labute approximate surface area is 166 Å². The molecule has 2 N–H and O–H groups in total. The largest absolute Gasteiger partial charge is 0.466 e. The van der Waals surface area contributed by atoms with Crippen molar-refractivity contribution in [1.29, 1.82) is 0 Å². The van der Waals surface area contributed by atoms with Crippen molar-refractivity contribution >= 4 is 28.0 Å². The Bertz CT molecular complexity index is 633. The van der Waals surface area contributed by atoms with Gasteiger partial charge in [-0.05, 0) is 32.1 Å². The van der Waals surface area contributed by atoms with Crippen LogP contribution in [0.5, 0.6) is 0 Å². The third kappa shape index (κ3) is 8.55. The van der Waals surface area contributed by atoms with Crippen LogP contribution >= 0.6 is 0 Å². The summed E-state index contributed by atoms with van der Waals surface area (Å²) in [4.78, 5) is 36.7. The normalized spacial score (nSPS) is 20.4. The molecule has 1 aliphatic carbocycles. The molecule has 1 saturated carbocycles. The van der Waals surface area contributed by atoms with Gasteiger partial charge in [0.2, 0.25) is 5.91 Å². The van der Waals surface area contributed by atoms with Crippen LogP contribution in [-0.4, -0.2) is 55.3 Å². The Morgan fingerprint density at radius 2 is 1.68 bits per heavy atom. The van der Waals surface area contributed by atoms with E-state index in [0.29, 0.717) is 12.8 Å². The van der Waals surface area contributed by atoms with Crippen LogP contribution in [0.1, 0.15) is 65.2 Å². The van der Waals surface area contributed by atoms with Gasteiger partial charge < -0.3 is 14.8 Å². The molecule has 0 aromatic carbocycles. The van der Waals surface area contributed by atoms with Gasteiger partial charge in [-0.15, -0.1) is 0 Å². The van der Waals surface area contributed by atoms with Crippen LogP contribution in [-0.2, 0) is 34.0 Å². The molecule has 0 radical (unpaired) electrons. The summed E-state index contributed by atoms with van der Waals surface area (Å²) in [6, 6.07) is -1.19. The van der Waals surface area contributed by atoms with Gasteiger partial charge in [0.1, 0.15) is 6.04 Å². The molecule has 162 valence electrons. The lowest BCUT2D eigenvalue weighted by atomic mass is 10.1. The van der Waals surface area contributed by atoms with Gasteiger partial charge in [0.15, 0.2) is 0 Å². The molecular formula is C18H31NO8S. The molecule has 0 heterocycles. The first-order chi connectivity index (χ1) is 13.2. The highest BCUT2D eigenvalue weighted by Crippen LogP contribution is 2.30. The van der Waals surface area contributed by atoms with E-state index in [-0.39, 0.29) is 38.9 Å². The van der Waals surface area contributed by atoms with E-state index in [1.54, 1.807) is 0 Å². The van der Waals surface area contributed by atoms with Crippen LogP contribution in [0, 0.1) is 5.92 Å². The molecule has 1 aliphatic rings. The maximum atomic E-state index is 12.5. The van der Waals surface area contributed by atoms with Crippen LogP contribution < -0.4 is 5.32 Å². The number of unbranched alkanes of at least 4 members (excludes halogenated alkanes) is 2. The van der Waals surface area contributed by atoms with Crippen LogP contribution in [0.3, 0.4) is 0 Å². The van der Waals surface area contributed by atoms with E-state index < -0.39 is 45.2 Å². The second kappa shape index (κ2) is 12.0. The summed E-state index contributed by atoms with van der Waals surface area (Å²) in [5, 5.41) is 1.50. The Morgan fingerprint density at radius 3 is 2.21 bits per heavy atom. The van der Waals surface area contributed by atoms with E-state index in [1.165, 1.54) is 0 Å². The molecule has 0 aliphatic heterocycles. The fourth-order valence-electron chi connectivity index (χ4n) is 2.91.